The highest BCUT2D eigenvalue weighted by Crippen LogP contribution is 2.26. The van der Waals surface area contributed by atoms with Crippen LogP contribution in [0, 0.1) is 15.9 Å². The maximum absolute atomic E-state index is 13.9. The van der Waals surface area contributed by atoms with Gasteiger partial charge in [0.2, 0.25) is 0 Å². The van der Waals surface area contributed by atoms with Gasteiger partial charge in [-0.2, -0.15) is 0 Å². The lowest BCUT2D eigenvalue weighted by molar-refractivity contribution is -0.384. The summed E-state index contributed by atoms with van der Waals surface area (Å²) >= 11 is 5.81. The van der Waals surface area contributed by atoms with Crippen molar-refractivity contribution in [2.24, 2.45) is 0 Å². The molecule has 0 aliphatic carbocycles. The Hall–Kier alpha value is -4.91. The molecule has 1 saturated heterocycles. The number of pyridine rings is 1. The fraction of sp³-hybridized carbons (Fsp3) is 0.192. The molecule has 3 amide bonds. The fourth-order valence-corrected chi connectivity index (χ4v) is 4.43. The van der Waals surface area contributed by atoms with Gasteiger partial charge in [0, 0.05) is 37.0 Å². The Morgan fingerprint density at radius 1 is 1.05 bits per heavy atom. The van der Waals surface area contributed by atoms with Gasteiger partial charge in [0.25, 0.3) is 23.4 Å². The van der Waals surface area contributed by atoms with E-state index in [4.69, 9.17) is 11.6 Å². The van der Waals surface area contributed by atoms with E-state index in [0.29, 0.717) is 0 Å². The SMILES string of the molecule is O=C(O)CC(NC(=O)C1N(C(=O)c2ccc(Cl)nc2)CCN1C(=O)c1cccc(F)c1)c1cccc([N+](=O)[O-])c1. The lowest BCUT2D eigenvalue weighted by atomic mass is 10.0. The van der Waals surface area contributed by atoms with Crippen LogP contribution in [0.1, 0.15) is 38.7 Å². The molecule has 2 aromatic carbocycles. The first-order valence-corrected chi connectivity index (χ1v) is 12.2. The number of amides is 3. The molecule has 0 bridgehead atoms. The van der Waals surface area contributed by atoms with Gasteiger partial charge >= 0.3 is 5.97 Å². The van der Waals surface area contributed by atoms with Crippen LogP contribution in [0.15, 0.2) is 66.9 Å². The van der Waals surface area contributed by atoms with Gasteiger partial charge < -0.3 is 20.2 Å². The van der Waals surface area contributed by atoms with Gasteiger partial charge in [-0.25, -0.2) is 9.37 Å². The Labute approximate surface area is 231 Å². The summed E-state index contributed by atoms with van der Waals surface area (Å²) in [7, 11) is 0. The predicted octanol–water partition coefficient (Wildman–Crippen LogP) is 3.04. The summed E-state index contributed by atoms with van der Waals surface area (Å²) in [5, 5.41) is 23.4. The van der Waals surface area contributed by atoms with Gasteiger partial charge in [0.15, 0.2) is 6.17 Å². The predicted molar refractivity (Wildman–Crippen MR) is 138 cm³/mol. The third kappa shape index (κ3) is 6.21. The van der Waals surface area contributed by atoms with Crippen LogP contribution in [0.5, 0.6) is 0 Å². The van der Waals surface area contributed by atoms with Crippen LogP contribution in [0.3, 0.4) is 0 Å². The van der Waals surface area contributed by atoms with E-state index < -0.39 is 53.1 Å². The number of carbonyl (C=O) groups excluding carboxylic acids is 3. The summed E-state index contributed by atoms with van der Waals surface area (Å²) < 4.78 is 13.9. The smallest absolute Gasteiger partial charge is 0.305 e. The summed E-state index contributed by atoms with van der Waals surface area (Å²) in [5.41, 5.74) is -0.187. The van der Waals surface area contributed by atoms with Crippen LogP contribution >= 0.6 is 11.6 Å². The molecule has 206 valence electrons. The highest BCUT2D eigenvalue weighted by molar-refractivity contribution is 6.29. The number of hydrogen-bond acceptors (Lipinski definition) is 7. The minimum atomic E-state index is -1.56. The molecule has 1 aromatic heterocycles. The van der Waals surface area contributed by atoms with E-state index in [1.807, 2.05) is 0 Å². The van der Waals surface area contributed by atoms with E-state index in [9.17, 15) is 38.8 Å². The van der Waals surface area contributed by atoms with E-state index in [2.05, 4.69) is 10.3 Å². The van der Waals surface area contributed by atoms with Crippen molar-refractivity contribution in [3.63, 3.8) is 0 Å². The van der Waals surface area contributed by atoms with E-state index in [1.54, 1.807) is 0 Å². The fourth-order valence-electron chi connectivity index (χ4n) is 4.32. The Kier molecular flexibility index (Phi) is 8.34. The molecule has 12 nitrogen and oxygen atoms in total. The van der Waals surface area contributed by atoms with Crippen LogP contribution < -0.4 is 5.32 Å². The number of rotatable bonds is 8. The molecule has 2 atom stereocenters. The maximum Gasteiger partial charge on any atom is 0.305 e. The molecular formula is C26H21ClFN5O7. The molecule has 2 N–H and O–H groups in total. The molecule has 2 unspecified atom stereocenters. The number of nitrogens with zero attached hydrogens (tertiary/aromatic N) is 4. The minimum Gasteiger partial charge on any atom is -0.481 e. The second kappa shape index (κ2) is 11.9. The van der Waals surface area contributed by atoms with Crippen LogP contribution in [0.2, 0.25) is 5.15 Å². The monoisotopic (exact) mass is 569 g/mol. The van der Waals surface area contributed by atoms with Crippen LogP contribution in [0.4, 0.5) is 10.1 Å². The number of benzene rings is 2. The summed E-state index contributed by atoms with van der Waals surface area (Å²) in [6, 6.07) is 11.4. The van der Waals surface area contributed by atoms with Gasteiger partial charge in [-0.3, -0.25) is 29.3 Å². The molecule has 3 aromatic rings. The van der Waals surface area contributed by atoms with Crippen molar-refractivity contribution in [3.05, 3.63) is 105 Å². The number of carboxylic acid groups (broad SMARTS) is 1. The number of halogens is 2. The topological polar surface area (TPSA) is 163 Å². The largest absolute Gasteiger partial charge is 0.481 e. The number of hydrogen-bond donors (Lipinski definition) is 2. The number of nitrogens with one attached hydrogen (secondary N) is 1. The highest BCUT2D eigenvalue weighted by Gasteiger charge is 2.44. The van der Waals surface area contributed by atoms with Gasteiger partial charge in [0.05, 0.1) is 22.9 Å². The zero-order chi connectivity index (χ0) is 29.0. The number of nitro benzene ring substituents is 1. The molecule has 1 fully saturated rings. The van der Waals surface area contributed by atoms with Gasteiger partial charge in [-0.15, -0.1) is 0 Å². The first kappa shape index (κ1) is 28.1. The molecule has 2 heterocycles. The number of carboxylic acids is 1. The molecule has 40 heavy (non-hydrogen) atoms. The second-order valence-corrected chi connectivity index (χ2v) is 9.15. The average Bonchev–Trinajstić information content (AvgIpc) is 3.37. The lowest BCUT2D eigenvalue weighted by Gasteiger charge is -2.31. The molecular weight excluding hydrogens is 549 g/mol. The molecule has 4 rings (SSSR count). The Balaban J connectivity index is 1.70. The maximum atomic E-state index is 13.9. The average molecular weight is 570 g/mol. The standard InChI is InChI=1S/C26H21ClFN5O7/c27-21-8-7-17(14-29-21)26(38)32-10-9-31(25(37)16-4-1-5-18(28)11-16)24(32)23(36)30-20(13-22(34)35)15-3-2-6-19(12-15)33(39)40/h1-8,11-12,14,20,24H,9-10,13H2,(H,30,36)(H,34,35). The van der Waals surface area contributed by atoms with Crippen LogP contribution in [-0.2, 0) is 9.59 Å². The number of aromatic nitrogens is 1. The molecule has 1 aliphatic heterocycles. The van der Waals surface area contributed by atoms with Crippen LogP contribution in [0.25, 0.3) is 0 Å². The Morgan fingerprint density at radius 3 is 2.33 bits per heavy atom. The first-order chi connectivity index (χ1) is 19.0. The van der Waals surface area contributed by atoms with Crippen molar-refractivity contribution in [3.8, 4) is 0 Å². The third-order valence-electron chi connectivity index (χ3n) is 6.15. The van der Waals surface area contributed by atoms with E-state index >= 15 is 0 Å². The zero-order valence-corrected chi connectivity index (χ0v) is 21.3. The molecule has 1 aliphatic rings. The van der Waals surface area contributed by atoms with Crippen molar-refractivity contribution >= 4 is 41.0 Å². The van der Waals surface area contributed by atoms with Crippen molar-refractivity contribution in [2.45, 2.75) is 18.6 Å². The van der Waals surface area contributed by atoms with Crippen molar-refractivity contribution in [1.29, 1.82) is 0 Å². The van der Waals surface area contributed by atoms with Crippen LogP contribution in [-0.4, -0.2) is 67.8 Å². The summed E-state index contributed by atoms with van der Waals surface area (Å²) in [6.45, 7) is -0.179. The van der Waals surface area contributed by atoms with Crippen molar-refractivity contribution in [1.82, 2.24) is 20.1 Å². The summed E-state index contributed by atoms with van der Waals surface area (Å²) in [6.07, 6.45) is -1.01. The van der Waals surface area contributed by atoms with Crippen molar-refractivity contribution in [2.75, 3.05) is 13.1 Å². The third-order valence-corrected chi connectivity index (χ3v) is 6.38. The second-order valence-electron chi connectivity index (χ2n) is 8.76. The van der Waals surface area contributed by atoms with Crippen molar-refractivity contribution < 1.29 is 33.6 Å². The Morgan fingerprint density at radius 2 is 1.73 bits per heavy atom. The minimum absolute atomic E-state index is 0.0685. The normalized spacial score (nSPS) is 15.4. The number of aliphatic carboxylic acids is 1. The molecule has 0 spiro atoms. The van der Waals surface area contributed by atoms with E-state index in [1.165, 1.54) is 48.7 Å². The van der Waals surface area contributed by atoms with Gasteiger partial charge in [-0.1, -0.05) is 29.8 Å². The highest BCUT2D eigenvalue weighted by atomic mass is 35.5. The molecule has 0 saturated carbocycles. The first-order valence-electron chi connectivity index (χ1n) is 11.8. The number of carbonyl (C=O) groups is 4. The summed E-state index contributed by atoms with van der Waals surface area (Å²) in [5.74, 6) is -4.32. The Bertz CT molecular complexity index is 1490. The lowest BCUT2D eigenvalue weighted by Crippen LogP contribution is -2.54. The quantitative estimate of drug-likeness (QED) is 0.237. The number of non-ortho nitro benzene ring substituents is 1. The molecule has 0 radical (unpaired) electrons. The van der Waals surface area contributed by atoms with E-state index in [-0.39, 0.29) is 40.6 Å². The van der Waals surface area contributed by atoms with Gasteiger partial charge in [-0.05, 0) is 35.9 Å². The zero-order valence-electron chi connectivity index (χ0n) is 20.6. The van der Waals surface area contributed by atoms with Gasteiger partial charge in [0.1, 0.15) is 11.0 Å². The molecule has 14 heteroatoms. The summed E-state index contributed by atoms with van der Waals surface area (Å²) in [4.78, 5) is 68.7. The number of nitro groups is 1. The van der Waals surface area contributed by atoms with E-state index in [0.717, 1.165) is 28.0 Å².